The van der Waals surface area contributed by atoms with Gasteiger partial charge in [0, 0.05) is 27.7 Å². The molecular weight excluding hydrogens is 428 g/mol. The molecule has 0 spiro atoms. The van der Waals surface area contributed by atoms with Gasteiger partial charge in [-0.3, -0.25) is 4.79 Å². The molecule has 0 aliphatic carbocycles. The predicted molar refractivity (Wildman–Crippen MR) is 85.1 cm³/mol. The topological polar surface area (TPSA) is 89.7 Å². The van der Waals surface area contributed by atoms with Crippen LogP contribution in [0.2, 0.25) is 0 Å². The number of nitrogens with zero attached hydrogens (tertiary/aromatic N) is 1. The first-order valence-electron chi connectivity index (χ1n) is 6.10. The van der Waals surface area contributed by atoms with Crippen LogP contribution in [0.25, 0.3) is 0 Å². The molecule has 1 aliphatic heterocycles. The fraction of sp³-hybridized carbons (Fsp3) is 0.417. The molecule has 1 heterocycles. The molecule has 0 radical (unpaired) electrons. The molecule has 2 N–H and O–H groups in total. The van der Waals surface area contributed by atoms with E-state index in [9.17, 15) is 13.2 Å². The third-order valence-corrected chi connectivity index (χ3v) is 7.05. The van der Waals surface area contributed by atoms with Crippen molar-refractivity contribution >= 4 is 53.5 Å². The first-order valence-corrected chi connectivity index (χ1v) is 9.12. The third-order valence-electron chi connectivity index (χ3n) is 3.30. The number of benzene rings is 1. The number of carbonyl (C=O) groups is 1. The molecule has 9 heteroatoms. The predicted octanol–water partition coefficient (Wildman–Crippen LogP) is 1.98. The smallest absolute Gasteiger partial charge is 0.310 e. The maximum atomic E-state index is 12.7. The number of nitrogens with two attached hydrogens (primary N) is 1. The molecule has 1 atom stereocenters. The highest BCUT2D eigenvalue weighted by Gasteiger charge is 2.38. The summed E-state index contributed by atoms with van der Waals surface area (Å²) in [6, 6.07) is 3.07. The SMILES string of the molecule is COC(=O)C1CCN(S(=O)(=O)c2c(Br)cc(N)cc2Br)C1. The molecule has 1 unspecified atom stereocenters. The third kappa shape index (κ3) is 3.25. The second-order valence-electron chi connectivity index (χ2n) is 4.69. The molecule has 2 rings (SSSR count). The number of nitrogen functional groups attached to an aromatic ring is 1. The van der Waals surface area contributed by atoms with E-state index < -0.39 is 15.9 Å². The molecule has 1 aliphatic rings. The molecule has 1 saturated heterocycles. The van der Waals surface area contributed by atoms with Gasteiger partial charge < -0.3 is 10.5 Å². The number of carbonyl (C=O) groups excluding carboxylic acids is 1. The second-order valence-corrected chi connectivity index (χ2v) is 8.27. The van der Waals surface area contributed by atoms with Crippen LogP contribution in [-0.2, 0) is 19.6 Å². The van der Waals surface area contributed by atoms with Crippen LogP contribution in [0.3, 0.4) is 0 Å². The van der Waals surface area contributed by atoms with Crippen molar-refractivity contribution in [2.45, 2.75) is 11.3 Å². The summed E-state index contributed by atoms with van der Waals surface area (Å²) in [5.41, 5.74) is 6.12. The van der Waals surface area contributed by atoms with Crippen LogP contribution >= 0.6 is 31.9 Å². The number of rotatable bonds is 3. The summed E-state index contributed by atoms with van der Waals surface area (Å²) in [5.74, 6) is -0.806. The van der Waals surface area contributed by atoms with Gasteiger partial charge in [-0.1, -0.05) is 0 Å². The van der Waals surface area contributed by atoms with Crippen molar-refractivity contribution in [3.63, 3.8) is 0 Å². The number of ether oxygens (including phenoxy) is 1. The zero-order chi connectivity index (χ0) is 15.8. The zero-order valence-corrected chi connectivity index (χ0v) is 15.2. The quantitative estimate of drug-likeness (QED) is 0.572. The fourth-order valence-corrected chi connectivity index (χ4v) is 6.30. The highest BCUT2D eigenvalue weighted by molar-refractivity contribution is 9.11. The van der Waals surface area contributed by atoms with Crippen LogP contribution in [0, 0.1) is 5.92 Å². The van der Waals surface area contributed by atoms with Gasteiger partial charge in [0.15, 0.2) is 0 Å². The van der Waals surface area contributed by atoms with Gasteiger partial charge in [0.2, 0.25) is 10.0 Å². The Hall–Kier alpha value is -0.640. The lowest BCUT2D eigenvalue weighted by Gasteiger charge is -2.18. The first kappa shape index (κ1) is 16.7. The van der Waals surface area contributed by atoms with Gasteiger partial charge >= 0.3 is 5.97 Å². The largest absolute Gasteiger partial charge is 0.469 e. The van der Waals surface area contributed by atoms with E-state index in [1.807, 2.05) is 0 Å². The molecule has 0 amide bonds. The van der Waals surface area contributed by atoms with E-state index >= 15 is 0 Å². The Morgan fingerprint density at radius 1 is 1.38 bits per heavy atom. The summed E-state index contributed by atoms with van der Waals surface area (Å²) < 4.78 is 32.2. The second kappa shape index (κ2) is 6.23. The number of hydrogen-bond acceptors (Lipinski definition) is 5. The Morgan fingerprint density at radius 2 is 1.95 bits per heavy atom. The Kier molecular flexibility index (Phi) is 4.96. The van der Waals surface area contributed by atoms with Crippen molar-refractivity contribution < 1.29 is 17.9 Å². The van der Waals surface area contributed by atoms with Crippen LogP contribution in [-0.4, -0.2) is 38.9 Å². The van der Waals surface area contributed by atoms with Crippen molar-refractivity contribution in [1.82, 2.24) is 4.31 Å². The van der Waals surface area contributed by atoms with Crippen LogP contribution in [0.5, 0.6) is 0 Å². The average Bonchev–Trinajstić information content (AvgIpc) is 2.86. The molecule has 21 heavy (non-hydrogen) atoms. The number of halogens is 2. The highest BCUT2D eigenvalue weighted by atomic mass is 79.9. The normalized spacial score (nSPS) is 19.7. The Labute approximate surface area is 139 Å². The first-order chi connectivity index (χ1) is 9.77. The van der Waals surface area contributed by atoms with E-state index in [4.69, 9.17) is 5.73 Å². The van der Waals surface area contributed by atoms with Crippen molar-refractivity contribution in [1.29, 1.82) is 0 Å². The van der Waals surface area contributed by atoms with Crippen LogP contribution in [0.15, 0.2) is 26.0 Å². The number of methoxy groups -OCH3 is 1. The number of sulfonamides is 1. The van der Waals surface area contributed by atoms with E-state index in [-0.39, 0.29) is 24.0 Å². The van der Waals surface area contributed by atoms with Crippen LogP contribution in [0.4, 0.5) is 5.69 Å². The minimum Gasteiger partial charge on any atom is -0.469 e. The van der Waals surface area contributed by atoms with E-state index in [0.717, 1.165) is 0 Å². The van der Waals surface area contributed by atoms with Crippen LogP contribution in [0.1, 0.15) is 6.42 Å². The molecule has 0 bridgehead atoms. The van der Waals surface area contributed by atoms with Gasteiger partial charge in [-0.2, -0.15) is 4.31 Å². The lowest BCUT2D eigenvalue weighted by molar-refractivity contribution is -0.144. The monoisotopic (exact) mass is 440 g/mol. The number of esters is 1. The maximum Gasteiger partial charge on any atom is 0.310 e. The molecule has 1 aromatic carbocycles. The summed E-state index contributed by atoms with van der Waals surface area (Å²) in [7, 11) is -2.42. The maximum absolute atomic E-state index is 12.7. The van der Waals surface area contributed by atoms with Gasteiger partial charge in [-0.15, -0.1) is 0 Å². The van der Waals surface area contributed by atoms with Gasteiger partial charge in [0.05, 0.1) is 13.0 Å². The lowest BCUT2D eigenvalue weighted by atomic mass is 10.1. The van der Waals surface area contributed by atoms with E-state index in [1.54, 1.807) is 0 Å². The van der Waals surface area contributed by atoms with Crippen LogP contribution < -0.4 is 5.73 Å². The Bertz CT molecular complexity index is 655. The van der Waals surface area contributed by atoms with E-state index in [1.165, 1.54) is 23.5 Å². The Balaban J connectivity index is 2.34. The standard InChI is InChI=1S/C12H14Br2N2O4S/c1-20-12(17)7-2-3-16(6-7)21(18,19)11-9(13)4-8(15)5-10(11)14/h4-5,7H,2-3,6,15H2,1H3. The van der Waals surface area contributed by atoms with Crippen molar-refractivity contribution in [3.05, 3.63) is 21.1 Å². The minimum absolute atomic E-state index is 0.113. The van der Waals surface area contributed by atoms with Crippen molar-refractivity contribution in [2.24, 2.45) is 5.92 Å². The Morgan fingerprint density at radius 3 is 2.48 bits per heavy atom. The number of anilines is 1. The van der Waals surface area contributed by atoms with Gasteiger partial charge in [-0.05, 0) is 50.4 Å². The summed E-state index contributed by atoms with van der Waals surface area (Å²) >= 11 is 6.46. The molecular formula is C12H14Br2N2O4S. The lowest BCUT2D eigenvalue weighted by Crippen LogP contribution is -2.30. The number of hydrogen-bond donors (Lipinski definition) is 1. The molecule has 6 nitrogen and oxygen atoms in total. The molecule has 0 saturated carbocycles. The van der Waals surface area contributed by atoms with Gasteiger partial charge in [-0.25, -0.2) is 8.42 Å². The van der Waals surface area contributed by atoms with Gasteiger partial charge in [0.25, 0.3) is 0 Å². The van der Waals surface area contributed by atoms with Crippen molar-refractivity contribution in [2.75, 3.05) is 25.9 Å². The molecule has 116 valence electrons. The zero-order valence-electron chi connectivity index (χ0n) is 11.2. The van der Waals surface area contributed by atoms with Gasteiger partial charge in [0.1, 0.15) is 4.90 Å². The summed E-state index contributed by atoms with van der Waals surface area (Å²) in [4.78, 5) is 11.6. The van der Waals surface area contributed by atoms with E-state index in [2.05, 4.69) is 36.6 Å². The summed E-state index contributed by atoms with van der Waals surface area (Å²) in [5, 5.41) is 0. The summed E-state index contributed by atoms with van der Waals surface area (Å²) in [6.07, 6.45) is 0.454. The summed E-state index contributed by atoms with van der Waals surface area (Å²) in [6.45, 7) is 0.406. The fourth-order valence-electron chi connectivity index (χ4n) is 2.26. The molecule has 1 fully saturated rings. The van der Waals surface area contributed by atoms with E-state index in [0.29, 0.717) is 21.1 Å². The molecule has 1 aromatic rings. The minimum atomic E-state index is -3.72. The van der Waals surface area contributed by atoms with Crippen molar-refractivity contribution in [3.8, 4) is 0 Å². The molecule has 0 aromatic heterocycles. The highest BCUT2D eigenvalue weighted by Crippen LogP contribution is 2.36. The average molecular weight is 442 g/mol.